The van der Waals surface area contributed by atoms with Crippen LogP contribution in [0.15, 0.2) is 42.5 Å². The third-order valence-corrected chi connectivity index (χ3v) is 8.17. The van der Waals surface area contributed by atoms with Crippen LogP contribution in [0.4, 0.5) is 5.69 Å². The molecular weight excluding hydrogens is 474 g/mol. The van der Waals surface area contributed by atoms with Gasteiger partial charge in [-0.15, -0.1) is 0 Å². The number of hydrogen-bond donors (Lipinski definition) is 1. The van der Waals surface area contributed by atoms with Gasteiger partial charge in [0, 0.05) is 12.6 Å². The molecule has 0 bridgehead atoms. The number of rotatable bonds is 10. The molecule has 1 aliphatic carbocycles. The summed E-state index contributed by atoms with van der Waals surface area (Å²) in [6.07, 6.45) is 5.61. The van der Waals surface area contributed by atoms with E-state index in [0.717, 1.165) is 58.5 Å². The van der Waals surface area contributed by atoms with Gasteiger partial charge in [0.05, 0.1) is 11.9 Å². The highest BCUT2D eigenvalue weighted by Gasteiger charge is 2.33. The molecule has 0 radical (unpaired) electrons. The topological polar surface area (TPSA) is 86.8 Å². The van der Waals surface area contributed by atoms with Gasteiger partial charge in [0.2, 0.25) is 21.8 Å². The van der Waals surface area contributed by atoms with E-state index in [0.29, 0.717) is 12.1 Å². The first-order chi connectivity index (χ1) is 17.0. The Bertz CT molecular complexity index is 1190. The number of carbonyl (C=O) groups excluding carboxylic acids is 2. The minimum absolute atomic E-state index is 0.130. The molecule has 1 aliphatic rings. The lowest BCUT2D eigenvalue weighted by molar-refractivity contribution is -0.140. The Morgan fingerprint density at radius 2 is 1.72 bits per heavy atom. The Hall–Kier alpha value is -2.87. The Balaban J connectivity index is 1.95. The third kappa shape index (κ3) is 6.87. The summed E-state index contributed by atoms with van der Waals surface area (Å²) in [7, 11) is -3.75. The summed E-state index contributed by atoms with van der Waals surface area (Å²) in [4.78, 5) is 28.7. The number of nitrogens with one attached hydrogen (secondary N) is 1. The van der Waals surface area contributed by atoms with E-state index in [4.69, 9.17) is 0 Å². The van der Waals surface area contributed by atoms with Gasteiger partial charge in [0.15, 0.2) is 0 Å². The summed E-state index contributed by atoms with van der Waals surface area (Å²) in [6.45, 7) is 7.47. The smallest absolute Gasteiger partial charge is 0.244 e. The van der Waals surface area contributed by atoms with Crippen LogP contribution in [0.25, 0.3) is 0 Å². The molecule has 7 nitrogen and oxygen atoms in total. The van der Waals surface area contributed by atoms with Crippen molar-refractivity contribution in [2.45, 2.75) is 78.4 Å². The lowest BCUT2D eigenvalue weighted by atomic mass is 10.1. The van der Waals surface area contributed by atoms with Gasteiger partial charge in [-0.1, -0.05) is 61.7 Å². The van der Waals surface area contributed by atoms with Crippen LogP contribution < -0.4 is 9.62 Å². The molecule has 0 heterocycles. The summed E-state index contributed by atoms with van der Waals surface area (Å²) in [6, 6.07) is 12.7. The Morgan fingerprint density at radius 1 is 1.06 bits per heavy atom. The first-order valence-corrected chi connectivity index (χ1v) is 14.6. The molecular formula is C28H39N3O4S. The van der Waals surface area contributed by atoms with Gasteiger partial charge in [-0.25, -0.2) is 8.42 Å². The van der Waals surface area contributed by atoms with Crippen LogP contribution in [0, 0.1) is 20.8 Å². The SMILES string of the molecule is CCC(C(=O)NC1CCCC1)N(Cc1cccc(C)c1)C(=O)CN(c1cccc(C)c1C)S(C)(=O)=O. The van der Waals surface area contributed by atoms with E-state index in [1.807, 2.05) is 58.0 Å². The largest absolute Gasteiger partial charge is 0.352 e. The average Bonchev–Trinajstić information content (AvgIpc) is 3.31. The second-order valence-corrected chi connectivity index (χ2v) is 11.8. The molecule has 8 heteroatoms. The molecule has 1 fully saturated rings. The fourth-order valence-corrected chi connectivity index (χ4v) is 5.79. The van der Waals surface area contributed by atoms with Crippen molar-refractivity contribution >= 4 is 27.5 Å². The number of amides is 2. The summed E-state index contributed by atoms with van der Waals surface area (Å²) in [5.74, 6) is -0.584. The van der Waals surface area contributed by atoms with Crippen molar-refractivity contribution in [2.24, 2.45) is 0 Å². The van der Waals surface area contributed by atoms with Gasteiger partial charge >= 0.3 is 0 Å². The van der Waals surface area contributed by atoms with E-state index in [9.17, 15) is 18.0 Å². The van der Waals surface area contributed by atoms with Gasteiger partial charge in [-0.2, -0.15) is 0 Å². The van der Waals surface area contributed by atoms with Crippen molar-refractivity contribution in [3.8, 4) is 0 Å². The number of benzene rings is 2. The second kappa shape index (κ2) is 11.9. The number of aryl methyl sites for hydroxylation is 2. The Kier molecular flexibility index (Phi) is 9.17. The summed E-state index contributed by atoms with van der Waals surface area (Å²) in [5.41, 5.74) is 4.16. The standard InChI is InChI=1S/C28H39N3O4S/c1-6-25(28(33)29-24-14-7-8-15-24)30(18-23-13-9-11-20(2)17-23)27(32)19-31(36(5,34)35)26-16-10-12-21(3)22(26)4/h9-13,16-17,24-25H,6-8,14-15,18-19H2,1-5H3,(H,29,33). The first-order valence-electron chi connectivity index (χ1n) is 12.7. The third-order valence-electron chi connectivity index (χ3n) is 7.05. The van der Waals surface area contributed by atoms with E-state index in [-0.39, 0.29) is 25.0 Å². The highest BCUT2D eigenvalue weighted by atomic mass is 32.2. The van der Waals surface area contributed by atoms with Gasteiger partial charge in [0.1, 0.15) is 12.6 Å². The molecule has 1 N–H and O–H groups in total. The normalized spacial score (nSPS) is 14.9. The molecule has 0 spiro atoms. The lowest BCUT2D eigenvalue weighted by Crippen LogP contribution is -2.53. The molecule has 2 aromatic rings. The van der Waals surface area contributed by atoms with Gasteiger partial charge in [-0.05, 0) is 62.8 Å². The molecule has 1 atom stereocenters. The molecule has 0 saturated heterocycles. The molecule has 2 amide bonds. The maximum Gasteiger partial charge on any atom is 0.244 e. The highest BCUT2D eigenvalue weighted by Crippen LogP contribution is 2.26. The van der Waals surface area contributed by atoms with E-state index in [1.54, 1.807) is 17.0 Å². The van der Waals surface area contributed by atoms with Crippen LogP contribution in [-0.4, -0.2) is 50.0 Å². The zero-order valence-electron chi connectivity index (χ0n) is 22.1. The van der Waals surface area contributed by atoms with Crippen molar-refractivity contribution in [1.82, 2.24) is 10.2 Å². The molecule has 1 unspecified atom stereocenters. The number of carbonyl (C=O) groups is 2. The van der Waals surface area contributed by atoms with E-state index in [1.165, 1.54) is 0 Å². The fourth-order valence-electron chi connectivity index (χ4n) is 4.89. The Labute approximate surface area is 215 Å². The molecule has 0 aliphatic heterocycles. The van der Waals surface area contributed by atoms with Gasteiger partial charge < -0.3 is 10.2 Å². The molecule has 2 aromatic carbocycles. The quantitative estimate of drug-likeness (QED) is 0.515. The molecule has 3 rings (SSSR count). The Morgan fingerprint density at radius 3 is 2.33 bits per heavy atom. The monoisotopic (exact) mass is 513 g/mol. The van der Waals surface area contributed by atoms with E-state index >= 15 is 0 Å². The second-order valence-electron chi connectivity index (χ2n) is 9.91. The molecule has 36 heavy (non-hydrogen) atoms. The van der Waals surface area contributed by atoms with Crippen LogP contribution in [0.1, 0.15) is 61.3 Å². The predicted molar refractivity (Wildman–Crippen MR) is 144 cm³/mol. The highest BCUT2D eigenvalue weighted by molar-refractivity contribution is 7.92. The minimum atomic E-state index is -3.75. The van der Waals surface area contributed by atoms with Crippen LogP contribution in [0.3, 0.4) is 0 Å². The molecule has 1 saturated carbocycles. The van der Waals surface area contributed by atoms with Crippen LogP contribution in [0.5, 0.6) is 0 Å². The number of nitrogens with zero attached hydrogens (tertiary/aromatic N) is 2. The van der Waals surface area contributed by atoms with Crippen molar-refractivity contribution < 1.29 is 18.0 Å². The fraction of sp³-hybridized carbons (Fsp3) is 0.500. The van der Waals surface area contributed by atoms with Crippen molar-refractivity contribution in [2.75, 3.05) is 17.1 Å². The molecule has 196 valence electrons. The van der Waals surface area contributed by atoms with Crippen LogP contribution in [0.2, 0.25) is 0 Å². The number of hydrogen-bond acceptors (Lipinski definition) is 4. The predicted octanol–water partition coefficient (Wildman–Crippen LogP) is 4.24. The maximum atomic E-state index is 13.8. The van der Waals surface area contributed by atoms with Crippen molar-refractivity contribution in [1.29, 1.82) is 0 Å². The number of sulfonamides is 1. The zero-order valence-corrected chi connectivity index (χ0v) is 22.9. The molecule has 0 aromatic heterocycles. The number of anilines is 1. The summed E-state index contributed by atoms with van der Waals surface area (Å²) in [5, 5.41) is 3.13. The van der Waals surface area contributed by atoms with E-state index in [2.05, 4.69) is 5.32 Å². The van der Waals surface area contributed by atoms with Gasteiger partial charge in [0.25, 0.3) is 0 Å². The summed E-state index contributed by atoms with van der Waals surface area (Å²) < 4.78 is 26.8. The van der Waals surface area contributed by atoms with Gasteiger partial charge in [-0.3, -0.25) is 13.9 Å². The zero-order chi connectivity index (χ0) is 26.5. The maximum absolute atomic E-state index is 13.8. The summed E-state index contributed by atoms with van der Waals surface area (Å²) >= 11 is 0. The first kappa shape index (κ1) is 27.7. The minimum Gasteiger partial charge on any atom is -0.352 e. The van der Waals surface area contributed by atoms with Crippen LogP contribution in [-0.2, 0) is 26.2 Å². The van der Waals surface area contributed by atoms with Crippen molar-refractivity contribution in [3.63, 3.8) is 0 Å². The van der Waals surface area contributed by atoms with Crippen molar-refractivity contribution in [3.05, 3.63) is 64.7 Å². The average molecular weight is 514 g/mol. The van der Waals surface area contributed by atoms with Crippen LogP contribution >= 0.6 is 0 Å². The lowest BCUT2D eigenvalue weighted by Gasteiger charge is -2.34. The van der Waals surface area contributed by atoms with E-state index < -0.39 is 22.0 Å².